The largest absolute Gasteiger partial charge is 0.497 e. The van der Waals surface area contributed by atoms with E-state index in [4.69, 9.17) is 4.74 Å². The van der Waals surface area contributed by atoms with Crippen LogP contribution in [0.5, 0.6) is 5.75 Å². The molecule has 1 fully saturated rings. The van der Waals surface area contributed by atoms with E-state index in [1.54, 1.807) is 24.2 Å². The van der Waals surface area contributed by atoms with Gasteiger partial charge in [0.2, 0.25) is 0 Å². The first kappa shape index (κ1) is 14.6. The van der Waals surface area contributed by atoms with Crippen molar-refractivity contribution in [3.05, 3.63) is 47.8 Å². The lowest BCUT2D eigenvalue weighted by molar-refractivity contribution is 0.0736. The molecule has 22 heavy (non-hydrogen) atoms. The quantitative estimate of drug-likeness (QED) is 0.870. The minimum Gasteiger partial charge on any atom is -0.497 e. The lowest BCUT2D eigenvalue weighted by Gasteiger charge is -2.24. The summed E-state index contributed by atoms with van der Waals surface area (Å²) < 4.78 is 6.85. The molecule has 1 aromatic heterocycles. The van der Waals surface area contributed by atoms with Gasteiger partial charge in [0.05, 0.1) is 18.9 Å². The van der Waals surface area contributed by atoms with Crippen LogP contribution in [0.3, 0.4) is 0 Å². The van der Waals surface area contributed by atoms with Crippen molar-refractivity contribution in [1.29, 1.82) is 0 Å². The molecule has 3 rings (SSSR count). The minimum absolute atomic E-state index is 0.0871. The first-order valence-electron chi connectivity index (χ1n) is 7.60. The van der Waals surface area contributed by atoms with Gasteiger partial charge in [0.15, 0.2) is 0 Å². The monoisotopic (exact) mass is 299 g/mol. The van der Waals surface area contributed by atoms with Crippen LogP contribution in [0.4, 0.5) is 0 Å². The number of rotatable bonds is 4. The Balaban J connectivity index is 1.71. The maximum absolute atomic E-state index is 12.6. The smallest absolute Gasteiger partial charge is 0.257 e. The predicted molar refractivity (Wildman–Crippen MR) is 84.0 cm³/mol. The first-order valence-corrected chi connectivity index (χ1v) is 7.60. The molecule has 2 aromatic rings. The van der Waals surface area contributed by atoms with Gasteiger partial charge in [-0.15, -0.1) is 0 Å². The summed E-state index contributed by atoms with van der Waals surface area (Å²) in [5.74, 6) is 0.947. The number of nitrogens with zero attached hydrogens (tertiary/aromatic N) is 3. The van der Waals surface area contributed by atoms with Gasteiger partial charge in [-0.05, 0) is 37.0 Å². The highest BCUT2D eigenvalue weighted by atomic mass is 16.5. The summed E-state index contributed by atoms with van der Waals surface area (Å²) >= 11 is 0. The summed E-state index contributed by atoms with van der Waals surface area (Å²) in [6.45, 7) is 0.828. The van der Waals surface area contributed by atoms with Crippen LogP contribution in [-0.4, -0.2) is 40.3 Å². The number of amides is 1. The van der Waals surface area contributed by atoms with Gasteiger partial charge in [0.25, 0.3) is 5.91 Å². The number of hydrogen-bond acceptors (Lipinski definition) is 3. The van der Waals surface area contributed by atoms with E-state index in [1.165, 1.54) is 5.56 Å². The molecule has 116 valence electrons. The van der Waals surface area contributed by atoms with Gasteiger partial charge < -0.3 is 9.64 Å². The summed E-state index contributed by atoms with van der Waals surface area (Å²) in [5, 5.41) is 4.09. The van der Waals surface area contributed by atoms with Crippen molar-refractivity contribution in [2.45, 2.75) is 25.3 Å². The molecule has 0 aliphatic carbocycles. The molecule has 5 heteroatoms. The van der Waals surface area contributed by atoms with Crippen LogP contribution in [0.2, 0.25) is 0 Å². The topological polar surface area (TPSA) is 47.4 Å². The lowest BCUT2D eigenvalue weighted by atomic mass is 10.0. The van der Waals surface area contributed by atoms with Gasteiger partial charge in [0.1, 0.15) is 5.75 Å². The molecule has 2 heterocycles. The molecule has 0 radical (unpaired) electrons. The van der Waals surface area contributed by atoms with Crippen molar-refractivity contribution in [3.8, 4) is 5.75 Å². The van der Waals surface area contributed by atoms with Gasteiger partial charge in [-0.1, -0.05) is 12.1 Å². The zero-order chi connectivity index (χ0) is 15.5. The number of aromatic nitrogens is 2. The van der Waals surface area contributed by atoms with Gasteiger partial charge in [-0.25, -0.2) is 0 Å². The number of aryl methyl sites for hydroxylation is 1. The Bertz CT molecular complexity index is 648. The molecule has 0 unspecified atom stereocenters. The van der Waals surface area contributed by atoms with Gasteiger partial charge in [0, 0.05) is 25.8 Å². The van der Waals surface area contributed by atoms with E-state index in [0.717, 1.165) is 31.6 Å². The van der Waals surface area contributed by atoms with Crippen LogP contribution >= 0.6 is 0 Å². The average Bonchev–Trinajstić information content (AvgIpc) is 3.16. The third-order valence-electron chi connectivity index (χ3n) is 4.22. The van der Waals surface area contributed by atoms with Crippen LogP contribution in [0.1, 0.15) is 28.8 Å². The van der Waals surface area contributed by atoms with Crippen LogP contribution in [0.15, 0.2) is 36.7 Å². The molecule has 1 aliphatic heterocycles. The first-order chi connectivity index (χ1) is 10.7. The number of ether oxygens (including phenoxy) is 1. The van der Waals surface area contributed by atoms with Gasteiger partial charge in [-0.3, -0.25) is 9.48 Å². The molecular weight excluding hydrogens is 278 g/mol. The minimum atomic E-state index is 0.0871. The number of carbonyl (C=O) groups is 1. The maximum atomic E-state index is 12.6. The molecule has 1 amide bonds. The number of likely N-dealkylation sites (tertiary alicyclic amines) is 1. The van der Waals surface area contributed by atoms with E-state index in [2.05, 4.69) is 17.2 Å². The van der Waals surface area contributed by atoms with E-state index in [9.17, 15) is 4.79 Å². The summed E-state index contributed by atoms with van der Waals surface area (Å²) in [7, 11) is 3.50. The normalized spacial score (nSPS) is 17.7. The number of methoxy groups -OCH3 is 1. The Morgan fingerprint density at radius 1 is 1.36 bits per heavy atom. The second-order valence-electron chi connectivity index (χ2n) is 5.75. The molecular formula is C17H21N3O2. The summed E-state index contributed by atoms with van der Waals surface area (Å²) in [6, 6.07) is 8.35. The molecule has 1 aliphatic rings. The Kier molecular flexibility index (Phi) is 4.13. The second-order valence-corrected chi connectivity index (χ2v) is 5.75. The van der Waals surface area contributed by atoms with E-state index in [0.29, 0.717) is 5.56 Å². The van der Waals surface area contributed by atoms with Crippen LogP contribution in [0, 0.1) is 0 Å². The molecule has 0 saturated carbocycles. The molecule has 1 atom stereocenters. The number of benzene rings is 1. The van der Waals surface area contributed by atoms with E-state index in [-0.39, 0.29) is 11.9 Å². The fraction of sp³-hybridized carbons (Fsp3) is 0.412. The van der Waals surface area contributed by atoms with Crippen molar-refractivity contribution in [1.82, 2.24) is 14.7 Å². The lowest BCUT2D eigenvalue weighted by Crippen LogP contribution is -2.36. The Morgan fingerprint density at radius 2 is 2.14 bits per heavy atom. The molecule has 1 aromatic carbocycles. The predicted octanol–water partition coefficient (Wildman–Crippen LogP) is 2.28. The van der Waals surface area contributed by atoms with Crippen molar-refractivity contribution >= 4 is 5.91 Å². The number of carbonyl (C=O) groups excluding carboxylic acids is 1. The van der Waals surface area contributed by atoms with Crippen molar-refractivity contribution in [2.24, 2.45) is 7.05 Å². The average molecular weight is 299 g/mol. The van der Waals surface area contributed by atoms with Crippen molar-refractivity contribution < 1.29 is 9.53 Å². The molecule has 1 saturated heterocycles. The summed E-state index contributed by atoms with van der Waals surface area (Å²) in [6.07, 6.45) is 6.43. The van der Waals surface area contributed by atoms with Crippen LogP contribution in [-0.2, 0) is 13.5 Å². The van der Waals surface area contributed by atoms with E-state index in [1.807, 2.05) is 24.1 Å². The fourth-order valence-corrected chi connectivity index (χ4v) is 3.05. The van der Waals surface area contributed by atoms with Gasteiger partial charge in [-0.2, -0.15) is 5.10 Å². The zero-order valence-corrected chi connectivity index (χ0v) is 13.0. The second kappa shape index (κ2) is 6.22. The Labute approximate surface area is 130 Å². The summed E-state index contributed by atoms with van der Waals surface area (Å²) in [5.41, 5.74) is 1.90. The highest BCUT2D eigenvalue weighted by Crippen LogP contribution is 2.24. The highest BCUT2D eigenvalue weighted by molar-refractivity contribution is 5.94. The zero-order valence-electron chi connectivity index (χ0n) is 13.0. The standard InChI is InChI=1S/C17H21N3O2/c1-19-12-14(11-18-19)17(21)20-9-3-4-15(20)10-13-5-7-16(22-2)8-6-13/h5-8,11-12,15H,3-4,9-10H2,1-2H3/t15-/m0/s1. The van der Waals surface area contributed by atoms with Crippen molar-refractivity contribution in [3.63, 3.8) is 0 Å². The molecule has 0 bridgehead atoms. The molecule has 0 spiro atoms. The van der Waals surface area contributed by atoms with Crippen LogP contribution < -0.4 is 4.74 Å². The third-order valence-corrected chi connectivity index (χ3v) is 4.22. The Hall–Kier alpha value is -2.30. The van der Waals surface area contributed by atoms with Crippen LogP contribution in [0.25, 0.3) is 0 Å². The summed E-state index contributed by atoms with van der Waals surface area (Å²) in [4.78, 5) is 14.6. The van der Waals surface area contributed by atoms with Gasteiger partial charge >= 0.3 is 0 Å². The van der Waals surface area contributed by atoms with E-state index >= 15 is 0 Å². The fourth-order valence-electron chi connectivity index (χ4n) is 3.05. The molecule has 0 N–H and O–H groups in total. The maximum Gasteiger partial charge on any atom is 0.257 e. The van der Waals surface area contributed by atoms with Crippen molar-refractivity contribution in [2.75, 3.05) is 13.7 Å². The SMILES string of the molecule is COc1ccc(C[C@@H]2CCCN2C(=O)c2cnn(C)c2)cc1. The highest BCUT2D eigenvalue weighted by Gasteiger charge is 2.29. The molecule has 5 nitrogen and oxygen atoms in total. The van der Waals surface area contributed by atoms with E-state index < -0.39 is 0 Å². The Morgan fingerprint density at radius 3 is 2.77 bits per heavy atom. The number of hydrogen-bond donors (Lipinski definition) is 0. The third kappa shape index (κ3) is 2.98.